The van der Waals surface area contributed by atoms with E-state index in [1.807, 2.05) is 0 Å². The van der Waals surface area contributed by atoms with E-state index in [2.05, 4.69) is 5.32 Å². The minimum Gasteiger partial charge on any atom is -0.479 e. The standard InChI is InChI=1S/C16H16N2O3/c17-13-8-4-5-11(9-13)10-14(19)18-15(16(20)21)12-6-2-1-3-7-12/h1-9,15H,10,17H2,(H,18,19)(H,20,21)/t15-/m0/s1. The average Bonchev–Trinajstić information content (AvgIpc) is 2.45. The highest BCUT2D eigenvalue weighted by Crippen LogP contribution is 2.13. The third-order valence-corrected chi connectivity index (χ3v) is 3.00. The van der Waals surface area contributed by atoms with Crippen LogP contribution in [0, 0.1) is 0 Å². The van der Waals surface area contributed by atoms with E-state index in [4.69, 9.17) is 5.73 Å². The van der Waals surface area contributed by atoms with Crippen LogP contribution in [0.5, 0.6) is 0 Å². The van der Waals surface area contributed by atoms with E-state index in [-0.39, 0.29) is 12.3 Å². The number of nitrogen functional groups attached to an aromatic ring is 1. The molecule has 0 unspecified atom stereocenters. The first kappa shape index (κ1) is 14.6. The highest BCUT2D eigenvalue weighted by molar-refractivity contribution is 5.85. The number of hydrogen-bond donors (Lipinski definition) is 3. The van der Waals surface area contributed by atoms with Gasteiger partial charge in [0.15, 0.2) is 6.04 Å². The number of rotatable bonds is 5. The van der Waals surface area contributed by atoms with Crippen LogP contribution in [0.4, 0.5) is 5.69 Å². The van der Waals surface area contributed by atoms with E-state index >= 15 is 0 Å². The van der Waals surface area contributed by atoms with Gasteiger partial charge in [0.1, 0.15) is 0 Å². The molecule has 0 aliphatic heterocycles. The van der Waals surface area contributed by atoms with Crippen LogP contribution < -0.4 is 11.1 Å². The fourth-order valence-corrected chi connectivity index (χ4v) is 2.03. The number of carbonyl (C=O) groups excluding carboxylic acids is 1. The lowest BCUT2D eigenvalue weighted by Crippen LogP contribution is -2.34. The molecule has 0 saturated heterocycles. The quantitative estimate of drug-likeness (QED) is 0.729. The van der Waals surface area contributed by atoms with Crippen molar-refractivity contribution in [3.05, 3.63) is 65.7 Å². The van der Waals surface area contributed by atoms with Crippen molar-refractivity contribution in [1.82, 2.24) is 5.32 Å². The normalized spacial score (nSPS) is 11.6. The third-order valence-electron chi connectivity index (χ3n) is 3.00. The van der Waals surface area contributed by atoms with Crippen molar-refractivity contribution in [2.24, 2.45) is 0 Å². The number of anilines is 1. The van der Waals surface area contributed by atoms with E-state index < -0.39 is 12.0 Å². The Labute approximate surface area is 122 Å². The number of hydrogen-bond acceptors (Lipinski definition) is 3. The van der Waals surface area contributed by atoms with Gasteiger partial charge in [-0.3, -0.25) is 4.79 Å². The van der Waals surface area contributed by atoms with E-state index in [1.54, 1.807) is 54.6 Å². The van der Waals surface area contributed by atoms with Crippen molar-refractivity contribution in [3.63, 3.8) is 0 Å². The second kappa shape index (κ2) is 6.56. The fourth-order valence-electron chi connectivity index (χ4n) is 2.03. The first-order valence-electron chi connectivity index (χ1n) is 6.48. The van der Waals surface area contributed by atoms with Gasteiger partial charge in [-0.15, -0.1) is 0 Å². The molecule has 108 valence electrons. The molecular weight excluding hydrogens is 268 g/mol. The van der Waals surface area contributed by atoms with Crippen LogP contribution in [0.2, 0.25) is 0 Å². The van der Waals surface area contributed by atoms with Gasteiger partial charge in [-0.05, 0) is 23.3 Å². The number of nitrogens with two attached hydrogens (primary N) is 1. The Hall–Kier alpha value is -2.82. The molecule has 0 heterocycles. The van der Waals surface area contributed by atoms with Gasteiger partial charge in [0, 0.05) is 5.69 Å². The summed E-state index contributed by atoms with van der Waals surface area (Å²) in [7, 11) is 0. The number of amides is 1. The SMILES string of the molecule is Nc1cccc(CC(=O)N[C@H](C(=O)O)c2ccccc2)c1. The summed E-state index contributed by atoms with van der Waals surface area (Å²) in [6.07, 6.45) is 0.0850. The molecule has 2 aromatic carbocycles. The fraction of sp³-hybridized carbons (Fsp3) is 0.125. The van der Waals surface area contributed by atoms with Crippen LogP contribution >= 0.6 is 0 Å². The molecule has 5 heteroatoms. The molecule has 4 N–H and O–H groups in total. The minimum atomic E-state index is -1.10. The topological polar surface area (TPSA) is 92.4 Å². The maximum atomic E-state index is 12.0. The van der Waals surface area contributed by atoms with Crippen LogP contribution in [-0.2, 0) is 16.0 Å². The minimum absolute atomic E-state index is 0.0850. The number of benzene rings is 2. The van der Waals surface area contributed by atoms with Crippen LogP contribution in [0.3, 0.4) is 0 Å². The number of carboxylic acid groups (broad SMARTS) is 1. The number of carbonyl (C=O) groups is 2. The van der Waals surface area contributed by atoms with Crippen molar-refractivity contribution < 1.29 is 14.7 Å². The van der Waals surface area contributed by atoms with Crippen molar-refractivity contribution in [2.45, 2.75) is 12.5 Å². The third kappa shape index (κ3) is 4.07. The lowest BCUT2D eigenvalue weighted by molar-refractivity contribution is -0.141. The molecule has 5 nitrogen and oxygen atoms in total. The molecule has 0 spiro atoms. The Balaban J connectivity index is 2.07. The summed E-state index contributed by atoms with van der Waals surface area (Å²) in [5, 5.41) is 11.8. The second-order valence-corrected chi connectivity index (χ2v) is 4.67. The summed E-state index contributed by atoms with van der Waals surface area (Å²) >= 11 is 0. The summed E-state index contributed by atoms with van der Waals surface area (Å²) in [6, 6.07) is 14.5. The van der Waals surface area contributed by atoms with Crippen LogP contribution in [0.25, 0.3) is 0 Å². The van der Waals surface area contributed by atoms with Gasteiger partial charge in [0.25, 0.3) is 0 Å². The van der Waals surface area contributed by atoms with Crippen LogP contribution in [0.1, 0.15) is 17.2 Å². The smallest absolute Gasteiger partial charge is 0.330 e. The molecule has 2 aromatic rings. The second-order valence-electron chi connectivity index (χ2n) is 4.67. The summed E-state index contributed by atoms with van der Waals surface area (Å²) in [4.78, 5) is 23.3. The zero-order chi connectivity index (χ0) is 15.2. The molecular formula is C16H16N2O3. The van der Waals surface area contributed by atoms with Crippen LogP contribution in [-0.4, -0.2) is 17.0 Å². The molecule has 0 bridgehead atoms. The molecule has 0 aromatic heterocycles. The van der Waals surface area contributed by atoms with E-state index in [1.165, 1.54) is 0 Å². The Kier molecular flexibility index (Phi) is 4.56. The summed E-state index contributed by atoms with van der Waals surface area (Å²) in [5.41, 5.74) is 7.49. The lowest BCUT2D eigenvalue weighted by Gasteiger charge is -2.15. The van der Waals surface area contributed by atoms with Gasteiger partial charge < -0.3 is 16.2 Å². The molecule has 1 atom stereocenters. The summed E-state index contributed by atoms with van der Waals surface area (Å²) in [5.74, 6) is -1.46. The van der Waals surface area contributed by atoms with Gasteiger partial charge in [-0.25, -0.2) is 4.79 Å². The first-order chi connectivity index (χ1) is 10.1. The largest absolute Gasteiger partial charge is 0.479 e. The van der Waals surface area contributed by atoms with Crippen molar-refractivity contribution in [2.75, 3.05) is 5.73 Å². The molecule has 1 amide bonds. The maximum Gasteiger partial charge on any atom is 0.330 e. The zero-order valence-electron chi connectivity index (χ0n) is 11.3. The Morgan fingerprint density at radius 1 is 1.10 bits per heavy atom. The molecule has 0 aliphatic carbocycles. The van der Waals surface area contributed by atoms with Gasteiger partial charge in [-0.2, -0.15) is 0 Å². The highest BCUT2D eigenvalue weighted by Gasteiger charge is 2.21. The Morgan fingerprint density at radius 2 is 1.81 bits per heavy atom. The summed E-state index contributed by atoms with van der Waals surface area (Å²) < 4.78 is 0. The molecule has 21 heavy (non-hydrogen) atoms. The Bertz CT molecular complexity index is 641. The molecule has 0 saturated carbocycles. The first-order valence-corrected chi connectivity index (χ1v) is 6.48. The van der Waals surface area contributed by atoms with Crippen molar-refractivity contribution in [1.29, 1.82) is 0 Å². The molecule has 0 aliphatic rings. The van der Waals surface area contributed by atoms with Crippen molar-refractivity contribution >= 4 is 17.6 Å². The summed E-state index contributed by atoms with van der Waals surface area (Å²) in [6.45, 7) is 0. The van der Waals surface area contributed by atoms with E-state index in [0.29, 0.717) is 11.3 Å². The lowest BCUT2D eigenvalue weighted by atomic mass is 10.1. The van der Waals surface area contributed by atoms with Gasteiger partial charge >= 0.3 is 5.97 Å². The predicted molar refractivity (Wildman–Crippen MR) is 79.5 cm³/mol. The Morgan fingerprint density at radius 3 is 2.43 bits per heavy atom. The number of carboxylic acids is 1. The predicted octanol–water partition coefficient (Wildman–Crippen LogP) is 1.75. The van der Waals surface area contributed by atoms with Crippen LogP contribution in [0.15, 0.2) is 54.6 Å². The molecule has 0 radical (unpaired) electrons. The van der Waals surface area contributed by atoms with Gasteiger partial charge in [0.05, 0.1) is 6.42 Å². The van der Waals surface area contributed by atoms with E-state index in [0.717, 1.165) is 5.56 Å². The van der Waals surface area contributed by atoms with Gasteiger partial charge in [-0.1, -0.05) is 42.5 Å². The highest BCUT2D eigenvalue weighted by atomic mass is 16.4. The maximum absolute atomic E-state index is 12.0. The number of nitrogens with one attached hydrogen (secondary N) is 1. The zero-order valence-corrected chi connectivity index (χ0v) is 11.3. The number of aliphatic carboxylic acids is 1. The molecule has 2 rings (SSSR count). The molecule has 0 fully saturated rings. The van der Waals surface area contributed by atoms with E-state index in [9.17, 15) is 14.7 Å². The average molecular weight is 284 g/mol. The van der Waals surface area contributed by atoms with Gasteiger partial charge in [0.2, 0.25) is 5.91 Å². The van der Waals surface area contributed by atoms with Crippen molar-refractivity contribution in [3.8, 4) is 0 Å². The monoisotopic (exact) mass is 284 g/mol.